The molecule has 0 spiro atoms. The Morgan fingerprint density at radius 3 is 2.95 bits per heavy atom. The first-order valence-electron chi connectivity index (χ1n) is 5.55. The fraction of sp³-hybridized carbons (Fsp3) is 0. The molecule has 0 saturated carbocycles. The zero-order chi connectivity index (χ0) is 13.7. The van der Waals surface area contributed by atoms with Crippen LogP contribution in [0, 0.1) is 0 Å². The minimum atomic E-state index is -0.509. The number of nitrogens with zero attached hydrogens (tertiary/aromatic N) is 6. The van der Waals surface area contributed by atoms with Gasteiger partial charge in [0, 0.05) is 0 Å². The lowest BCUT2D eigenvalue weighted by Crippen LogP contribution is -2.17. The van der Waals surface area contributed by atoms with E-state index in [-0.39, 0.29) is 0 Å². The Labute approximate surface area is 114 Å². The van der Waals surface area contributed by atoms with E-state index in [4.69, 9.17) is 11.6 Å². The van der Waals surface area contributed by atoms with Crippen LogP contribution < -0.4 is 5.69 Å². The molecule has 0 aliphatic carbocycles. The molecule has 3 heterocycles. The Kier molecular flexibility index (Phi) is 2.12. The van der Waals surface area contributed by atoms with Gasteiger partial charge in [-0.1, -0.05) is 17.7 Å². The number of benzene rings is 1. The molecule has 3 aromatic heterocycles. The minimum Gasteiger partial charge on any atom is -0.319 e. The third-order valence-corrected chi connectivity index (χ3v) is 3.16. The van der Waals surface area contributed by atoms with Crippen molar-refractivity contribution < 1.29 is 0 Å². The highest BCUT2D eigenvalue weighted by molar-refractivity contribution is 6.36. The van der Waals surface area contributed by atoms with Crippen LogP contribution in [0.25, 0.3) is 28.2 Å². The van der Waals surface area contributed by atoms with E-state index < -0.39 is 5.69 Å². The summed E-state index contributed by atoms with van der Waals surface area (Å²) >= 11 is 6.17. The van der Waals surface area contributed by atoms with E-state index >= 15 is 0 Å². The molecule has 0 radical (unpaired) electrons. The molecule has 4 aromatic rings. The summed E-state index contributed by atoms with van der Waals surface area (Å²) in [6, 6.07) is 5.15. The number of H-pyrrole nitrogens is 2. The third-order valence-electron chi connectivity index (χ3n) is 2.84. The molecule has 0 saturated heterocycles. The highest BCUT2D eigenvalue weighted by Gasteiger charge is 2.15. The molecule has 2 N–H and O–H groups in total. The minimum absolute atomic E-state index is 0.313. The second-order valence-electron chi connectivity index (χ2n) is 4.01. The van der Waals surface area contributed by atoms with Gasteiger partial charge in [-0.3, -0.25) is 0 Å². The summed E-state index contributed by atoms with van der Waals surface area (Å²) in [6.07, 6.45) is 0. The number of tetrazole rings is 1. The van der Waals surface area contributed by atoms with Crippen molar-refractivity contribution in [3.8, 4) is 11.6 Å². The first-order chi connectivity index (χ1) is 9.74. The second kappa shape index (κ2) is 3.84. The third kappa shape index (κ3) is 1.43. The number of hydrogen-bond donors (Lipinski definition) is 2. The highest BCUT2D eigenvalue weighted by atomic mass is 35.5. The van der Waals surface area contributed by atoms with E-state index in [9.17, 15) is 4.79 Å². The van der Waals surface area contributed by atoms with Gasteiger partial charge in [0.25, 0.3) is 0 Å². The van der Waals surface area contributed by atoms with Gasteiger partial charge < -0.3 is 4.98 Å². The molecule has 0 atom stereocenters. The van der Waals surface area contributed by atoms with Gasteiger partial charge in [0.05, 0.1) is 15.9 Å². The lowest BCUT2D eigenvalue weighted by molar-refractivity contribution is 0.881. The van der Waals surface area contributed by atoms with Crippen LogP contribution in [-0.2, 0) is 0 Å². The molecule has 0 unspecified atom stereocenters. The number of nitrogens with one attached hydrogen (secondary N) is 2. The largest absolute Gasteiger partial charge is 0.370 e. The van der Waals surface area contributed by atoms with Crippen LogP contribution in [0.4, 0.5) is 0 Å². The van der Waals surface area contributed by atoms with E-state index in [0.717, 1.165) is 4.52 Å². The van der Waals surface area contributed by atoms with Gasteiger partial charge in [-0.05, 0) is 22.6 Å². The van der Waals surface area contributed by atoms with E-state index in [1.807, 2.05) is 0 Å². The predicted octanol–water partition coefficient (Wildman–Crippen LogP) is 0.404. The molecule has 0 aliphatic rings. The first-order valence-corrected chi connectivity index (χ1v) is 5.93. The summed E-state index contributed by atoms with van der Waals surface area (Å²) in [6.45, 7) is 0. The summed E-state index contributed by atoms with van der Waals surface area (Å²) < 4.78 is 1.13. The highest BCUT2D eigenvalue weighted by Crippen LogP contribution is 2.24. The molecule has 0 bridgehead atoms. The standard InChI is InChI=1S/C10H5ClN8O/c11-4-2-1-3-5-6(4)9-13-7(8-14-17-18-15-8)16-19(9)10(20)12-5/h1-3H,(H,13,16)(H,14,15,17,18). The van der Waals surface area contributed by atoms with Crippen molar-refractivity contribution in [3.63, 3.8) is 0 Å². The maximum atomic E-state index is 12.0. The average Bonchev–Trinajstić information content (AvgIpc) is 3.08. The molecule has 0 aliphatic heterocycles. The monoisotopic (exact) mass is 288 g/mol. The molecular weight excluding hydrogens is 284 g/mol. The summed E-state index contributed by atoms with van der Waals surface area (Å²) in [5.41, 5.74) is 0.426. The Morgan fingerprint density at radius 2 is 2.15 bits per heavy atom. The van der Waals surface area contributed by atoms with Crippen molar-refractivity contribution in [3.05, 3.63) is 33.7 Å². The SMILES string of the molecule is O=c1nc2cccc(Cl)c2c2[nH]c(-c3nnn[nH]3)nn12. The van der Waals surface area contributed by atoms with Crippen molar-refractivity contribution >= 4 is 28.2 Å². The van der Waals surface area contributed by atoms with Gasteiger partial charge in [-0.25, -0.2) is 9.89 Å². The second-order valence-corrected chi connectivity index (χ2v) is 4.42. The van der Waals surface area contributed by atoms with Gasteiger partial charge >= 0.3 is 5.69 Å². The van der Waals surface area contributed by atoms with Crippen LogP contribution >= 0.6 is 11.6 Å². The molecule has 9 nitrogen and oxygen atoms in total. The van der Waals surface area contributed by atoms with Crippen molar-refractivity contribution in [1.29, 1.82) is 0 Å². The molecule has 20 heavy (non-hydrogen) atoms. The molecule has 0 amide bonds. The van der Waals surface area contributed by atoms with Crippen molar-refractivity contribution in [2.75, 3.05) is 0 Å². The number of rotatable bonds is 1. The van der Waals surface area contributed by atoms with Crippen molar-refractivity contribution in [1.82, 2.24) is 40.2 Å². The van der Waals surface area contributed by atoms with Crippen molar-refractivity contribution in [2.45, 2.75) is 0 Å². The fourth-order valence-electron chi connectivity index (χ4n) is 2.00. The molecule has 4 rings (SSSR count). The van der Waals surface area contributed by atoms with Gasteiger partial charge in [0.2, 0.25) is 5.82 Å². The molecule has 98 valence electrons. The summed E-state index contributed by atoms with van der Waals surface area (Å²) in [5, 5.41) is 18.4. The predicted molar refractivity (Wildman–Crippen MR) is 69.3 cm³/mol. The van der Waals surface area contributed by atoms with Crippen LogP contribution in [0.5, 0.6) is 0 Å². The number of hydrogen-bond acceptors (Lipinski definition) is 6. The number of fused-ring (bicyclic) bond motifs is 3. The average molecular weight is 289 g/mol. The quantitative estimate of drug-likeness (QED) is 0.523. The zero-order valence-corrected chi connectivity index (χ0v) is 10.5. The maximum Gasteiger partial charge on any atom is 0.370 e. The summed E-state index contributed by atoms with van der Waals surface area (Å²) in [7, 11) is 0. The molecule has 0 fully saturated rings. The van der Waals surface area contributed by atoms with E-state index in [0.29, 0.717) is 33.2 Å². The van der Waals surface area contributed by atoms with Gasteiger partial charge in [-0.2, -0.15) is 9.50 Å². The van der Waals surface area contributed by atoms with E-state index in [2.05, 4.69) is 35.7 Å². The number of halogens is 1. The van der Waals surface area contributed by atoms with Crippen LogP contribution in [0.2, 0.25) is 5.02 Å². The molecule has 10 heteroatoms. The smallest absolute Gasteiger partial charge is 0.319 e. The Bertz CT molecular complexity index is 986. The molecule has 1 aromatic carbocycles. The topological polar surface area (TPSA) is 118 Å². The zero-order valence-electron chi connectivity index (χ0n) is 9.70. The summed E-state index contributed by atoms with van der Waals surface area (Å²) in [4.78, 5) is 18.9. The van der Waals surface area contributed by atoms with Crippen LogP contribution in [0.3, 0.4) is 0 Å². The van der Waals surface area contributed by atoms with Crippen molar-refractivity contribution in [2.24, 2.45) is 0 Å². The van der Waals surface area contributed by atoms with E-state index in [1.54, 1.807) is 18.2 Å². The van der Waals surface area contributed by atoms with Crippen LogP contribution in [0.15, 0.2) is 23.0 Å². The maximum absolute atomic E-state index is 12.0. The van der Waals surface area contributed by atoms with E-state index in [1.165, 1.54) is 0 Å². The summed E-state index contributed by atoms with van der Waals surface area (Å²) in [5.74, 6) is 0.634. The Balaban J connectivity index is 2.18. The Morgan fingerprint density at radius 1 is 1.25 bits per heavy atom. The van der Waals surface area contributed by atoms with Gasteiger partial charge in [0.1, 0.15) is 5.65 Å². The molecular formula is C10H5ClN8O. The van der Waals surface area contributed by atoms with Crippen LogP contribution in [0.1, 0.15) is 0 Å². The lowest BCUT2D eigenvalue weighted by atomic mass is 10.2. The van der Waals surface area contributed by atoms with Gasteiger partial charge in [0.15, 0.2) is 5.82 Å². The number of aromatic nitrogens is 8. The lowest BCUT2D eigenvalue weighted by Gasteiger charge is -1.99. The Hall–Kier alpha value is -2.81. The fourth-order valence-corrected chi connectivity index (χ4v) is 2.26. The first kappa shape index (κ1) is 11.1. The van der Waals surface area contributed by atoms with Crippen LogP contribution in [-0.4, -0.2) is 40.2 Å². The number of aromatic amines is 2. The normalized spacial score (nSPS) is 11.4. The van der Waals surface area contributed by atoms with Gasteiger partial charge in [-0.15, -0.1) is 10.2 Å².